The third-order valence-corrected chi connectivity index (χ3v) is 0.632. The van der Waals surface area contributed by atoms with E-state index in [1.54, 1.807) is 0 Å². The van der Waals surface area contributed by atoms with Crippen LogP contribution in [0.4, 0.5) is 0 Å². The molecule has 0 radical (unpaired) electrons. The Balaban J connectivity index is 3.09. The zero-order valence-corrected chi connectivity index (χ0v) is 4.86. The minimum Gasteiger partial charge on any atom is -0.106 e. The van der Waals surface area contributed by atoms with Crippen molar-refractivity contribution in [3.63, 3.8) is 0 Å². The Kier molecular flexibility index (Phi) is 4.77. The molecule has 0 aromatic carbocycles. The van der Waals surface area contributed by atoms with Crippen LogP contribution in [-0.4, -0.2) is 0 Å². The maximum absolute atomic E-state index is 2.91. The Bertz CT molecular complexity index is 98.9. The van der Waals surface area contributed by atoms with Gasteiger partial charge in [0.15, 0.2) is 0 Å². The predicted octanol–water partition coefficient (Wildman–Crippen LogP) is 1.98. The van der Waals surface area contributed by atoms with E-state index >= 15 is 0 Å². The highest BCUT2D eigenvalue weighted by atomic mass is 13.6. The molecule has 7 heavy (non-hydrogen) atoms. The van der Waals surface area contributed by atoms with Crippen LogP contribution in [0.3, 0.4) is 0 Å². The predicted molar refractivity (Wildman–Crippen MR) is 32.9 cm³/mol. The molecule has 0 aliphatic heterocycles. The fourth-order valence-electron chi connectivity index (χ4n) is 0.279. The smallest absolute Gasteiger partial charge is 0.0269 e. The van der Waals surface area contributed by atoms with Crippen LogP contribution < -0.4 is 0 Å². The minimum absolute atomic E-state index is 0.896. The van der Waals surface area contributed by atoms with Crippen LogP contribution in [0.15, 0.2) is 12.2 Å². The molecule has 0 amide bonds. The van der Waals surface area contributed by atoms with Crippen LogP contribution in [0, 0.1) is 11.8 Å². The summed E-state index contributed by atoms with van der Waals surface area (Å²) in [6.45, 7) is 3.85. The van der Waals surface area contributed by atoms with Crippen molar-refractivity contribution in [3.8, 4) is 11.8 Å². The molecule has 0 heterocycles. The van der Waals surface area contributed by atoms with Crippen molar-refractivity contribution in [1.82, 2.24) is 0 Å². The maximum atomic E-state index is 2.91. The van der Waals surface area contributed by atoms with Crippen molar-refractivity contribution >= 4 is 0 Å². The van der Waals surface area contributed by atoms with E-state index in [4.69, 9.17) is 0 Å². The van der Waals surface area contributed by atoms with E-state index in [0.717, 1.165) is 6.42 Å². The highest BCUT2D eigenvalue weighted by Gasteiger charge is 1.59. The summed E-state index contributed by atoms with van der Waals surface area (Å²) in [5, 5.41) is 0. The first-order valence-corrected chi connectivity index (χ1v) is 2.42. The quantitative estimate of drug-likeness (QED) is 0.344. The number of hydrogen-bond donors (Lipinski definition) is 0. The molecule has 38 valence electrons. The standard InChI is InChI=1S/C7H10/c1-3-5-7-6-4-2/h3,5H,7H2,1-2H3/b5-3-. The van der Waals surface area contributed by atoms with Gasteiger partial charge in [0.2, 0.25) is 0 Å². The van der Waals surface area contributed by atoms with Crippen LogP contribution in [-0.2, 0) is 0 Å². The van der Waals surface area contributed by atoms with Crippen molar-refractivity contribution in [2.45, 2.75) is 20.3 Å². The lowest BCUT2D eigenvalue weighted by Crippen LogP contribution is -1.53. The zero-order chi connectivity index (χ0) is 5.54. The topological polar surface area (TPSA) is 0 Å². The lowest BCUT2D eigenvalue weighted by Gasteiger charge is -1.68. The van der Waals surface area contributed by atoms with Crippen molar-refractivity contribution in [2.75, 3.05) is 0 Å². The highest BCUT2D eigenvalue weighted by molar-refractivity contribution is 5.01. The van der Waals surface area contributed by atoms with E-state index in [2.05, 4.69) is 11.8 Å². The van der Waals surface area contributed by atoms with Gasteiger partial charge in [-0.3, -0.25) is 0 Å². The Labute approximate surface area is 45.2 Å². The van der Waals surface area contributed by atoms with E-state index in [0.29, 0.717) is 0 Å². The summed E-state index contributed by atoms with van der Waals surface area (Å²) in [5.74, 6) is 5.71. The van der Waals surface area contributed by atoms with Gasteiger partial charge < -0.3 is 0 Å². The number of allylic oxidation sites excluding steroid dienone is 2. The van der Waals surface area contributed by atoms with E-state index in [1.807, 2.05) is 26.0 Å². The maximum Gasteiger partial charge on any atom is 0.0269 e. The third kappa shape index (κ3) is 5.30. The van der Waals surface area contributed by atoms with Crippen LogP contribution >= 0.6 is 0 Å². The van der Waals surface area contributed by atoms with Crippen molar-refractivity contribution in [2.24, 2.45) is 0 Å². The van der Waals surface area contributed by atoms with Gasteiger partial charge in [0, 0.05) is 6.42 Å². The van der Waals surface area contributed by atoms with E-state index in [1.165, 1.54) is 0 Å². The van der Waals surface area contributed by atoms with Crippen LogP contribution in [0.2, 0.25) is 0 Å². The van der Waals surface area contributed by atoms with Gasteiger partial charge in [-0.05, 0) is 13.8 Å². The summed E-state index contributed by atoms with van der Waals surface area (Å²) in [6, 6.07) is 0. The fraction of sp³-hybridized carbons (Fsp3) is 0.429. The van der Waals surface area contributed by atoms with Crippen LogP contribution in [0.5, 0.6) is 0 Å². The largest absolute Gasteiger partial charge is 0.106 e. The fourth-order valence-corrected chi connectivity index (χ4v) is 0.279. The molecule has 0 aromatic heterocycles. The molecule has 0 rings (SSSR count). The lowest BCUT2D eigenvalue weighted by atomic mass is 10.4. The second-order valence-electron chi connectivity index (χ2n) is 1.20. The first-order chi connectivity index (χ1) is 3.41. The van der Waals surface area contributed by atoms with Gasteiger partial charge in [0.1, 0.15) is 0 Å². The summed E-state index contributed by atoms with van der Waals surface area (Å²) >= 11 is 0. The molecule has 0 saturated heterocycles. The molecule has 0 N–H and O–H groups in total. The average Bonchev–Trinajstić information content (AvgIpc) is 1.69. The molecule has 0 atom stereocenters. The molecule has 0 saturated carbocycles. The second kappa shape index (κ2) is 5.30. The monoisotopic (exact) mass is 94.1 g/mol. The van der Waals surface area contributed by atoms with Gasteiger partial charge in [-0.25, -0.2) is 0 Å². The van der Waals surface area contributed by atoms with Crippen LogP contribution in [0.1, 0.15) is 20.3 Å². The van der Waals surface area contributed by atoms with E-state index < -0.39 is 0 Å². The number of rotatable bonds is 1. The molecule has 0 aromatic rings. The van der Waals surface area contributed by atoms with Crippen molar-refractivity contribution in [1.29, 1.82) is 0 Å². The molecule has 0 nitrogen and oxygen atoms in total. The van der Waals surface area contributed by atoms with Gasteiger partial charge in [-0.1, -0.05) is 18.1 Å². The molecule has 0 bridgehead atoms. The van der Waals surface area contributed by atoms with Crippen molar-refractivity contribution < 1.29 is 0 Å². The average molecular weight is 94.2 g/mol. The van der Waals surface area contributed by atoms with Gasteiger partial charge in [0.25, 0.3) is 0 Å². The van der Waals surface area contributed by atoms with Gasteiger partial charge >= 0.3 is 0 Å². The van der Waals surface area contributed by atoms with Gasteiger partial charge in [-0.15, -0.1) is 5.92 Å². The van der Waals surface area contributed by atoms with Crippen molar-refractivity contribution in [3.05, 3.63) is 12.2 Å². The van der Waals surface area contributed by atoms with E-state index in [9.17, 15) is 0 Å². The molecule has 0 aliphatic carbocycles. The molecular weight excluding hydrogens is 84.1 g/mol. The zero-order valence-electron chi connectivity index (χ0n) is 4.86. The normalized spacial score (nSPS) is 8.29. The summed E-state index contributed by atoms with van der Waals surface area (Å²) in [5.41, 5.74) is 0. The Hall–Kier alpha value is -0.700. The number of hydrogen-bond acceptors (Lipinski definition) is 0. The molecule has 0 heteroatoms. The van der Waals surface area contributed by atoms with Crippen LogP contribution in [0.25, 0.3) is 0 Å². The van der Waals surface area contributed by atoms with Gasteiger partial charge in [0.05, 0.1) is 0 Å². The van der Waals surface area contributed by atoms with E-state index in [-0.39, 0.29) is 0 Å². The SMILES string of the molecule is CC#CC/C=C\C. The minimum atomic E-state index is 0.896. The van der Waals surface area contributed by atoms with Gasteiger partial charge in [-0.2, -0.15) is 0 Å². The molecule has 0 spiro atoms. The molecule has 0 aliphatic rings. The lowest BCUT2D eigenvalue weighted by molar-refractivity contribution is 1.44. The molecule has 0 unspecified atom stereocenters. The molecular formula is C7H10. The third-order valence-electron chi connectivity index (χ3n) is 0.632. The first kappa shape index (κ1) is 6.30. The molecule has 0 fully saturated rings. The summed E-state index contributed by atoms with van der Waals surface area (Å²) in [7, 11) is 0. The first-order valence-electron chi connectivity index (χ1n) is 2.42. The highest BCUT2D eigenvalue weighted by Crippen LogP contribution is 1.76. The summed E-state index contributed by atoms with van der Waals surface area (Å²) in [4.78, 5) is 0. The summed E-state index contributed by atoms with van der Waals surface area (Å²) in [6.07, 6.45) is 4.94. The summed E-state index contributed by atoms with van der Waals surface area (Å²) < 4.78 is 0. The Morgan fingerprint density at radius 1 is 1.57 bits per heavy atom. The second-order valence-corrected chi connectivity index (χ2v) is 1.20. The Morgan fingerprint density at radius 2 is 2.29 bits per heavy atom. The Morgan fingerprint density at radius 3 is 2.71 bits per heavy atom.